The first-order valence-electron chi connectivity index (χ1n) is 6.67. The van der Waals surface area contributed by atoms with Gasteiger partial charge in [0, 0.05) is 25.3 Å². The summed E-state index contributed by atoms with van der Waals surface area (Å²) in [5, 5.41) is 0. The monoisotopic (exact) mass is 309 g/mol. The van der Waals surface area contributed by atoms with Crippen molar-refractivity contribution in [3.63, 3.8) is 0 Å². The molecular weight excluding hydrogens is 294 g/mol. The van der Waals surface area contributed by atoms with Gasteiger partial charge in [-0.25, -0.2) is 0 Å². The molecule has 104 valence electrons. The predicted octanol–water partition coefficient (Wildman–Crippen LogP) is 5.57. The molecule has 21 heavy (non-hydrogen) atoms. The van der Waals surface area contributed by atoms with Crippen LogP contribution >= 0.6 is 23.5 Å². The number of hydrogen-bond acceptors (Lipinski definition) is 3. The minimum atomic E-state index is 0.824. The summed E-state index contributed by atoms with van der Waals surface area (Å²) in [5.74, 6) is 0. The van der Waals surface area contributed by atoms with E-state index < -0.39 is 0 Å². The molecule has 0 aliphatic heterocycles. The average molecular weight is 309 g/mol. The highest BCUT2D eigenvalue weighted by Gasteiger charge is 2.09. The van der Waals surface area contributed by atoms with Gasteiger partial charge in [0.2, 0.25) is 0 Å². The van der Waals surface area contributed by atoms with Crippen LogP contribution in [0.3, 0.4) is 0 Å². The average Bonchev–Trinajstić information content (AvgIpc) is 2.53. The molecule has 0 unspecified atom stereocenters. The smallest absolute Gasteiger partial charge is 0.0491 e. The van der Waals surface area contributed by atoms with Crippen LogP contribution in [0.1, 0.15) is 0 Å². The van der Waals surface area contributed by atoms with Crippen molar-refractivity contribution in [3.8, 4) is 0 Å². The van der Waals surface area contributed by atoms with Crippen LogP contribution in [0.2, 0.25) is 0 Å². The molecule has 0 atom stereocenters. The second-order valence-electron chi connectivity index (χ2n) is 4.50. The summed E-state index contributed by atoms with van der Waals surface area (Å²) in [6.45, 7) is 0. The van der Waals surface area contributed by atoms with Crippen LogP contribution in [-0.4, -0.2) is 0 Å². The lowest BCUT2D eigenvalue weighted by Crippen LogP contribution is -1.90. The molecule has 3 aromatic carbocycles. The summed E-state index contributed by atoms with van der Waals surface area (Å²) in [6, 6.07) is 26.8. The topological polar surface area (TPSA) is 26.0 Å². The zero-order valence-corrected chi connectivity index (χ0v) is 13.0. The number of benzene rings is 3. The van der Waals surface area contributed by atoms with E-state index in [1.807, 2.05) is 36.4 Å². The minimum Gasteiger partial charge on any atom is -0.398 e. The Bertz CT molecular complexity index is 712. The highest BCUT2D eigenvalue weighted by Crippen LogP contribution is 2.41. The van der Waals surface area contributed by atoms with E-state index in [1.54, 1.807) is 23.5 Å². The van der Waals surface area contributed by atoms with Gasteiger partial charge in [-0.3, -0.25) is 0 Å². The van der Waals surface area contributed by atoms with Crippen molar-refractivity contribution in [1.82, 2.24) is 0 Å². The fourth-order valence-corrected chi connectivity index (χ4v) is 3.98. The van der Waals surface area contributed by atoms with Gasteiger partial charge < -0.3 is 5.73 Å². The maximum atomic E-state index is 6.19. The molecule has 1 nitrogen and oxygen atoms in total. The van der Waals surface area contributed by atoms with Gasteiger partial charge in [0.05, 0.1) is 0 Å². The van der Waals surface area contributed by atoms with Crippen molar-refractivity contribution >= 4 is 29.2 Å². The Morgan fingerprint density at radius 2 is 1.14 bits per heavy atom. The van der Waals surface area contributed by atoms with E-state index in [2.05, 4.69) is 42.5 Å². The number of hydrogen-bond donors (Lipinski definition) is 1. The molecule has 3 aromatic rings. The van der Waals surface area contributed by atoms with Crippen molar-refractivity contribution in [1.29, 1.82) is 0 Å². The number of nitrogen functional groups attached to an aromatic ring is 1. The van der Waals surface area contributed by atoms with Crippen LogP contribution in [0.4, 0.5) is 5.69 Å². The molecule has 0 fully saturated rings. The van der Waals surface area contributed by atoms with Crippen LogP contribution in [0, 0.1) is 0 Å². The van der Waals surface area contributed by atoms with Gasteiger partial charge >= 0.3 is 0 Å². The molecule has 3 heteroatoms. The third-order valence-corrected chi connectivity index (χ3v) is 5.31. The van der Waals surface area contributed by atoms with E-state index in [0.29, 0.717) is 0 Å². The molecule has 0 heterocycles. The second kappa shape index (κ2) is 6.74. The summed E-state index contributed by atoms with van der Waals surface area (Å²) in [4.78, 5) is 4.73. The number of rotatable bonds is 4. The van der Waals surface area contributed by atoms with Crippen molar-refractivity contribution < 1.29 is 0 Å². The lowest BCUT2D eigenvalue weighted by atomic mass is 10.3. The first-order valence-corrected chi connectivity index (χ1v) is 8.30. The van der Waals surface area contributed by atoms with E-state index in [-0.39, 0.29) is 0 Å². The van der Waals surface area contributed by atoms with Crippen LogP contribution in [0.25, 0.3) is 0 Å². The van der Waals surface area contributed by atoms with Crippen LogP contribution in [0.5, 0.6) is 0 Å². The van der Waals surface area contributed by atoms with Crippen molar-refractivity contribution in [2.24, 2.45) is 0 Å². The van der Waals surface area contributed by atoms with Gasteiger partial charge in [0.15, 0.2) is 0 Å². The van der Waals surface area contributed by atoms with Gasteiger partial charge in [0.25, 0.3) is 0 Å². The van der Waals surface area contributed by atoms with Gasteiger partial charge in [-0.2, -0.15) is 0 Å². The molecule has 3 rings (SSSR count). The van der Waals surface area contributed by atoms with Gasteiger partial charge in [-0.05, 0) is 36.4 Å². The molecule has 0 amide bonds. The van der Waals surface area contributed by atoms with Gasteiger partial charge in [-0.15, -0.1) is 0 Å². The molecule has 0 saturated carbocycles. The van der Waals surface area contributed by atoms with Crippen LogP contribution in [0.15, 0.2) is 98.4 Å². The van der Waals surface area contributed by atoms with Crippen molar-refractivity contribution in [3.05, 3.63) is 78.9 Å². The Labute approximate surface area is 133 Å². The maximum absolute atomic E-state index is 6.19. The first-order chi connectivity index (χ1) is 10.3. The van der Waals surface area contributed by atoms with E-state index in [9.17, 15) is 0 Å². The first kappa shape index (κ1) is 14.1. The molecule has 0 spiro atoms. The minimum absolute atomic E-state index is 0.824. The highest BCUT2D eigenvalue weighted by atomic mass is 32.2. The van der Waals surface area contributed by atoms with Gasteiger partial charge in [0.1, 0.15) is 0 Å². The molecule has 0 bridgehead atoms. The Morgan fingerprint density at radius 1 is 0.571 bits per heavy atom. The molecule has 2 N–H and O–H groups in total. The SMILES string of the molecule is Nc1cccc(Sc2ccccc2)c1Sc1ccccc1. The highest BCUT2D eigenvalue weighted by molar-refractivity contribution is 8.02. The summed E-state index contributed by atoms with van der Waals surface area (Å²) in [7, 11) is 0. The van der Waals surface area contributed by atoms with E-state index in [4.69, 9.17) is 5.73 Å². The molecular formula is C18H15NS2. The largest absolute Gasteiger partial charge is 0.398 e. The van der Waals surface area contributed by atoms with Gasteiger partial charge in [-0.1, -0.05) is 66.0 Å². The summed E-state index contributed by atoms with van der Waals surface area (Å²) < 4.78 is 0. The number of nitrogens with two attached hydrogens (primary N) is 1. The predicted molar refractivity (Wildman–Crippen MR) is 92.0 cm³/mol. The Morgan fingerprint density at radius 3 is 1.76 bits per heavy atom. The third kappa shape index (κ3) is 3.63. The molecule has 0 aromatic heterocycles. The molecule has 0 saturated heterocycles. The molecule has 0 aliphatic rings. The summed E-state index contributed by atoms with van der Waals surface area (Å²) >= 11 is 3.46. The van der Waals surface area contributed by atoms with Crippen molar-refractivity contribution in [2.45, 2.75) is 19.6 Å². The summed E-state index contributed by atoms with van der Waals surface area (Å²) in [6.07, 6.45) is 0. The van der Waals surface area contributed by atoms with Crippen molar-refractivity contribution in [2.75, 3.05) is 5.73 Å². The zero-order chi connectivity index (χ0) is 14.5. The fraction of sp³-hybridized carbons (Fsp3) is 0. The lowest BCUT2D eigenvalue weighted by Gasteiger charge is -2.11. The Kier molecular flexibility index (Phi) is 4.53. The van der Waals surface area contributed by atoms with E-state index >= 15 is 0 Å². The second-order valence-corrected chi connectivity index (χ2v) is 6.70. The summed E-state index contributed by atoms with van der Waals surface area (Å²) in [5.41, 5.74) is 7.01. The molecule has 0 radical (unpaired) electrons. The maximum Gasteiger partial charge on any atom is 0.0491 e. The number of anilines is 1. The normalized spacial score (nSPS) is 10.5. The zero-order valence-electron chi connectivity index (χ0n) is 11.4. The van der Waals surface area contributed by atoms with Crippen LogP contribution in [-0.2, 0) is 0 Å². The van der Waals surface area contributed by atoms with Crippen LogP contribution < -0.4 is 5.73 Å². The lowest BCUT2D eigenvalue weighted by molar-refractivity contribution is 1.24. The van der Waals surface area contributed by atoms with E-state index in [1.165, 1.54) is 14.7 Å². The van der Waals surface area contributed by atoms with E-state index in [0.717, 1.165) is 10.6 Å². The Balaban J connectivity index is 1.92. The third-order valence-electron chi connectivity index (χ3n) is 2.94. The fourth-order valence-electron chi connectivity index (χ4n) is 1.94. The standard InChI is InChI=1S/C18H15NS2/c19-16-12-7-13-17(20-14-8-3-1-4-9-14)18(16)21-15-10-5-2-6-11-15/h1-13H,19H2. The molecule has 0 aliphatic carbocycles. The quantitative estimate of drug-likeness (QED) is 0.638. The Hall–Kier alpha value is -1.84.